The van der Waals surface area contributed by atoms with E-state index in [1.807, 2.05) is 12.1 Å². The number of anilines is 3. The summed E-state index contributed by atoms with van der Waals surface area (Å²) in [6.07, 6.45) is 3.00. The van der Waals surface area contributed by atoms with E-state index in [0.717, 1.165) is 17.7 Å². The molecule has 4 N–H and O–H groups in total. The molecule has 10 nitrogen and oxygen atoms in total. The zero-order valence-corrected chi connectivity index (χ0v) is 18.8. The van der Waals surface area contributed by atoms with Crippen LogP contribution in [-0.4, -0.2) is 61.7 Å². The number of ether oxygens (including phenoxy) is 1. The highest BCUT2D eigenvalue weighted by molar-refractivity contribution is 6.07. The lowest BCUT2D eigenvalue weighted by Crippen LogP contribution is -2.40. The summed E-state index contributed by atoms with van der Waals surface area (Å²) in [5, 5.41) is 7.28. The van der Waals surface area contributed by atoms with Crippen LogP contribution in [0, 0.1) is 11.6 Å². The molecule has 1 aliphatic heterocycles. The predicted molar refractivity (Wildman–Crippen MR) is 129 cm³/mol. The first-order valence-corrected chi connectivity index (χ1v) is 11.2. The van der Waals surface area contributed by atoms with Gasteiger partial charge in [0.2, 0.25) is 5.95 Å². The van der Waals surface area contributed by atoms with Gasteiger partial charge in [-0.3, -0.25) is 4.79 Å². The van der Waals surface area contributed by atoms with Crippen LogP contribution in [-0.2, 0) is 4.74 Å². The molecule has 0 aliphatic carbocycles. The van der Waals surface area contributed by atoms with Crippen LogP contribution in [0.3, 0.4) is 0 Å². The molecule has 1 fully saturated rings. The maximum absolute atomic E-state index is 14.0. The summed E-state index contributed by atoms with van der Waals surface area (Å²) in [5.41, 5.74) is 9.46. The van der Waals surface area contributed by atoms with Gasteiger partial charge in [0.1, 0.15) is 23.2 Å². The third-order valence-corrected chi connectivity index (χ3v) is 6.08. The molecule has 3 aromatic heterocycles. The maximum atomic E-state index is 14.0. The molecule has 0 radical (unpaired) electrons. The van der Waals surface area contributed by atoms with E-state index in [4.69, 9.17) is 10.5 Å². The summed E-state index contributed by atoms with van der Waals surface area (Å²) in [6.45, 7) is 1.96. The van der Waals surface area contributed by atoms with Gasteiger partial charge >= 0.3 is 0 Å². The standard InChI is InChI=1S/C24H20F2N8O2/c25-14-9-17(26)20-18(10-14)31-24(32-20)30-15-3-1-13(2-4-15)19-16(23(35)33-5-7-36-8-6-33)11-34-21(19)22(27)28-12-29-34/h1-4,9-12H,5-8H2,(H2,27,28,29)(H2,30,31,32). The second-order valence-corrected chi connectivity index (χ2v) is 8.33. The number of amides is 1. The lowest BCUT2D eigenvalue weighted by molar-refractivity contribution is 0.0303. The van der Waals surface area contributed by atoms with Crippen LogP contribution in [0.15, 0.2) is 48.9 Å². The van der Waals surface area contributed by atoms with Gasteiger partial charge in [0, 0.05) is 42.7 Å². The Morgan fingerprint density at radius 1 is 1.14 bits per heavy atom. The molecule has 2 aromatic carbocycles. The molecule has 6 rings (SSSR count). The fourth-order valence-corrected chi connectivity index (χ4v) is 4.38. The minimum Gasteiger partial charge on any atom is -0.382 e. The van der Waals surface area contributed by atoms with Crippen molar-refractivity contribution in [2.75, 3.05) is 37.4 Å². The highest BCUT2D eigenvalue weighted by Gasteiger charge is 2.26. The van der Waals surface area contributed by atoms with Gasteiger partial charge in [-0.15, -0.1) is 0 Å². The molecule has 1 saturated heterocycles. The van der Waals surface area contributed by atoms with Gasteiger partial charge in [-0.25, -0.2) is 23.3 Å². The number of carbonyl (C=O) groups is 1. The molecule has 1 aliphatic rings. The number of nitrogens with two attached hydrogens (primary N) is 1. The van der Waals surface area contributed by atoms with E-state index in [-0.39, 0.29) is 28.7 Å². The largest absolute Gasteiger partial charge is 0.382 e. The Kier molecular flexibility index (Phi) is 5.22. The van der Waals surface area contributed by atoms with E-state index in [1.165, 1.54) is 6.33 Å². The number of hydrogen-bond acceptors (Lipinski definition) is 7. The van der Waals surface area contributed by atoms with Gasteiger partial charge in [0.25, 0.3) is 5.91 Å². The van der Waals surface area contributed by atoms with Crippen LogP contribution in [0.5, 0.6) is 0 Å². The van der Waals surface area contributed by atoms with Crippen molar-refractivity contribution in [2.24, 2.45) is 0 Å². The highest BCUT2D eigenvalue weighted by Crippen LogP contribution is 2.34. The molecule has 0 unspecified atom stereocenters. The van der Waals surface area contributed by atoms with Crippen LogP contribution in [0.25, 0.3) is 27.7 Å². The third kappa shape index (κ3) is 3.77. The van der Waals surface area contributed by atoms with Crippen molar-refractivity contribution in [3.63, 3.8) is 0 Å². The van der Waals surface area contributed by atoms with E-state index >= 15 is 0 Å². The van der Waals surface area contributed by atoms with Gasteiger partial charge in [-0.05, 0) is 17.7 Å². The summed E-state index contributed by atoms with van der Waals surface area (Å²) in [5.74, 6) is -1.05. The average molecular weight is 490 g/mol. The predicted octanol–water partition coefficient (Wildman–Crippen LogP) is 3.35. The lowest BCUT2D eigenvalue weighted by Gasteiger charge is -2.26. The van der Waals surface area contributed by atoms with Crippen molar-refractivity contribution in [3.05, 3.63) is 66.1 Å². The monoisotopic (exact) mass is 490 g/mol. The number of morpholine rings is 1. The number of carbonyl (C=O) groups excluding carboxylic acids is 1. The second-order valence-electron chi connectivity index (χ2n) is 8.33. The topological polar surface area (TPSA) is 126 Å². The van der Waals surface area contributed by atoms with Crippen LogP contribution in [0.1, 0.15) is 10.4 Å². The average Bonchev–Trinajstić information content (AvgIpc) is 3.47. The lowest BCUT2D eigenvalue weighted by atomic mass is 10.0. The fourth-order valence-electron chi connectivity index (χ4n) is 4.38. The first kappa shape index (κ1) is 21.9. The number of aromatic amines is 1. The number of aromatic nitrogens is 5. The van der Waals surface area contributed by atoms with E-state index in [0.29, 0.717) is 48.6 Å². The maximum Gasteiger partial charge on any atom is 0.256 e. The van der Waals surface area contributed by atoms with Crippen molar-refractivity contribution in [1.82, 2.24) is 29.5 Å². The number of imidazole rings is 1. The SMILES string of the molecule is Nc1ncnn2cc(C(=O)N3CCOCC3)c(-c3ccc(Nc4nc5cc(F)cc(F)c5[nH]4)cc3)c12. The van der Waals surface area contributed by atoms with Crippen LogP contribution in [0.4, 0.5) is 26.2 Å². The first-order valence-electron chi connectivity index (χ1n) is 11.2. The molecule has 0 saturated carbocycles. The van der Waals surface area contributed by atoms with E-state index < -0.39 is 11.6 Å². The number of fused-ring (bicyclic) bond motifs is 2. The van der Waals surface area contributed by atoms with E-state index in [2.05, 4.69) is 25.4 Å². The molecule has 0 atom stereocenters. The minimum atomic E-state index is -0.723. The number of benzene rings is 2. The van der Waals surface area contributed by atoms with Gasteiger partial charge < -0.3 is 25.7 Å². The van der Waals surface area contributed by atoms with Gasteiger partial charge in [0.05, 0.1) is 24.3 Å². The summed E-state index contributed by atoms with van der Waals surface area (Å²) in [4.78, 5) is 26.3. The van der Waals surface area contributed by atoms with Crippen LogP contribution < -0.4 is 11.1 Å². The number of nitrogens with zero attached hydrogens (tertiary/aromatic N) is 5. The Morgan fingerprint density at radius 2 is 1.92 bits per heavy atom. The highest BCUT2D eigenvalue weighted by atomic mass is 19.1. The van der Waals surface area contributed by atoms with Gasteiger partial charge in [0.15, 0.2) is 11.6 Å². The first-order chi connectivity index (χ1) is 17.5. The number of nitrogens with one attached hydrogen (secondary N) is 2. The summed E-state index contributed by atoms with van der Waals surface area (Å²) in [6, 6.07) is 9.16. The molecule has 12 heteroatoms. The molecule has 0 spiro atoms. The number of nitrogen functional groups attached to an aromatic ring is 1. The van der Waals surface area contributed by atoms with Crippen LogP contribution in [0.2, 0.25) is 0 Å². The van der Waals surface area contributed by atoms with Crippen molar-refractivity contribution in [2.45, 2.75) is 0 Å². The Balaban J connectivity index is 1.36. The number of hydrogen-bond donors (Lipinski definition) is 3. The Bertz CT molecular complexity index is 1610. The summed E-state index contributed by atoms with van der Waals surface area (Å²) < 4.78 is 34.4. The van der Waals surface area contributed by atoms with Crippen molar-refractivity contribution >= 4 is 39.9 Å². The van der Waals surface area contributed by atoms with E-state index in [9.17, 15) is 13.6 Å². The molecule has 36 heavy (non-hydrogen) atoms. The van der Waals surface area contributed by atoms with Crippen molar-refractivity contribution < 1.29 is 18.3 Å². The smallest absolute Gasteiger partial charge is 0.256 e. The van der Waals surface area contributed by atoms with Crippen molar-refractivity contribution in [1.29, 1.82) is 0 Å². The Hall–Kier alpha value is -4.58. The fraction of sp³-hybridized carbons (Fsp3) is 0.167. The third-order valence-electron chi connectivity index (χ3n) is 6.08. The number of rotatable bonds is 4. The number of H-pyrrole nitrogens is 1. The molecular weight excluding hydrogens is 470 g/mol. The molecule has 182 valence electrons. The minimum absolute atomic E-state index is 0.109. The Morgan fingerprint density at radius 3 is 2.69 bits per heavy atom. The molecule has 1 amide bonds. The van der Waals surface area contributed by atoms with Crippen LogP contribution >= 0.6 is 0 Å². The molecule has 5 aromatic rings. The number of halogens is 2. The zero-order chi connectivity index (χ0) is 24.8. The second kappa shape index (κ2) is 8.57. The van der Waals surface area contributed by atoms with Crippen molar-refractivity contribution in [3.8, 4) is 11.1 Å². The quantitative estimate of drug-likeness (QED) is 0.353. The Labute approximate surface area is 202 Å². The normalized spacial score (nSPS) is 14.0. The zero-order valence-electron chi connectivity index (χ0n) is 18.8. The van der Waals surface area contributed by atoms with E-state index in [1.54, 1.807) is 27.7 Å². The molecule has 4 heterocycles. The molecule has 0 bridgehead atoms. The summed E-state index contributed by atoms with van der Waals surface area (Å²) >= 11 is 0. The van der Waals surface area contributed by atoms with Gasteiger partial charge in [-0.2, -0.15) is 5.10 Å². The molecular formula is C24H20F2N8O2. The van der Waals surface area contributed by atoms with Gasteiger partial charge in [-0.1, -0.05) is 12.1 Å². The summed E-state index contributed by atoms with van der Waals surface area (Å²) in [7, 11) is 0.